The minimum atomic E-state index is 0.193. The summed E-state index contributed by atoms with van der Waals surface area (Å²) in [6.07, 6.45) is 3.83. The van der Waals surface area contributed by atoms with Gasteiger partial charge in [-0.3, -0.25) is 0 Å². The van der Waals surface area contributed by atoms with Gasteiger partial charge in [0.2, 0.25) is 0 Å². The van der Waals surface area contributed by atoms with Crippen LogP contribution in [0.3, 0.4) is 0 Å². The first kappa shape index (κ1) is 15.6. The summed E-state index contributed by atoms with van der Waals surface area (Å²) in [6.45, 7) is 3.15. The van der Waals surface area contributed by atoms with Crippen LogP contribution >= 0.6 is 11.6 Å². The lowest BCUT2D eigenvalue weighted by molar-refractivity contribution is 0.0506. The number of ether oxygens (including phenoxy) is 2. The van der Waals surface area contributed by atoms with Crippen molar-refractivity contribution in [1.29, 1.82) is 0 Å². The molecule has 0 amide bonds. The van der Waals surface area contributed by atoms with Crippen molar-refractivity contribution < 1.29 is 9.47 Å². The molecule has 0 aromatic heterocycles. The number of benzene rings is 1. The fraction of sp³-hybridized carbons (Fsp3) is 0.625. The molecular formula is C16H24ClNO2. The second-order valence-corrected chi connectivity index (χ2v) is 5.77. The average Bonchev–Trinajstić information content (AvgIpc) is 3.29. The van der Waals surface area contributed by atoms with Gasteiger partial charge in [-0.15, -0.1) is 0 Å². The monoisotopic (exact) mass is 297 g/mol. The maximum Gasteiger partial charge on any atom is 0.137 e. The van der Waals surface area contributed by atoms with Crippen LogP contribution in [0.15, 0.2) is 18.2 Å². The molecule has 2 unspecified atom stereocenters. The van der Waals surface area contributed by atoms with E-state index < -0.39 is 0 Å². The summed E-state index contributed by atoms with van der Waals surface area (Å²) >= 11 is 6.12. The van der Waals surface area contributed by atoms with E-state index in [4.69, 9.17) is 21.1 Å². The lowest BCUT2D eigenvalue weighted by Crippen LogP contribution is -2.35. The first-order valence-electron chi connectivity index (χ1n) is 7.30. The predicted octanol–water partition coefficient (Wildman–Crippen LogP) is 3.81. The largest absolute Gasteiger partial charge is 0.495 e. The molecule has 20 heavy (non-hydrogen) atoms. The van der Waals surface area contributed by atoms with Gasteiger partial charge in [-0.1, -0.05) is 24.6 Å². The molecule has 1 saturated carbocycles. The Hall–Kier alpha value is -0.770. The SMILES string of the molecule is CCCNC(c1ccc(Cl)c(OC)c1)C(OC)C1CC1. The minimum Gasteiger partial charge on any atom is -0.495 e. The van der Waals surface area contributed by atoms with E-state index in [-0.39, 0.29) is 12.1 Å². The smallest absolute Gasteiger partial charge is 0.137 e. The van der Waals surface area contributed by atoms with Gasteiger partial charge in [-0.05, 0) is 49.4 Å². The highest BCUT2D eigenvalue weighted by Crippen LogP contribution is 2.40. The molecule has 1 aromatic carbocycles. The lowest BCUT2D eigenvalue weighted by atomic mass is 9.97. The molecule has 2 atom stereocenters. The molecular weight excluding hydrogens is 274 g/mol. The van der Waals surface area contributed by atoms with E-state index in [1.807, 2.05) is 12.1 Å². The summed E-state index contributed by atoms with van der Waals surface area (Å²) in [5, 5.41) is 4.25. The van der Waals surface area contributed by atoms with Crippen LogP contribution < -0.4 is 10.1 Å². The Labute approximate surface area is 126 Å². The zero-order valence-corrected chi connectivity index (χ0v) is 13.2. The Bertz CT molecular complexity index is 434. The topological polar surface area (TPSA) is 30.5 Å². The van der Waals surface area contributed by atoms with Crippen molar-refractivity contribution in [1.82, 2.24) is 5.32 Å². The van der Waals surface area contributed by atoms with Crippen LogP contribution in [-0.2, 0) is 4.74 Å². The molecule has 1 aliphatic carbocycles. The molecule has 112 valence electrons. The molecule has 4 heteroatoms. The minimum absolute atomic E-state index is 0.193. The van der Waals surface area contributed by atoms with Crippen molar-refractivity contribution in [2.24, 2.45) is 5.92 Å². The first-order chi connectivity index (χ1) is 9.71. The third-order valence-electron chi connectivity index (χ3n) is 3.84. The van der Waals surface area contributed by atoms with Gasteiger partial charge in [0.1, 0.15) is 5.75 Å². The Morgan fingerprint density at radius 1 is 1.35 bits per heavy atom. The van der Waals surface area contributed by atoms with Crippen molar-refractivity contribution in [3.8, 4) is 5.75 Å². The van der Waals surface area contributed by atoms with E-state index in [2.05, 4.69) is 18.3 Å². The normalized spacial score (nSPS) is 17.8. The van der Waals surface area contributed by atoms with Crippen molar-refractivity contribution in [2.75, 3.05) is 20.8 Å². The molecule has 2 rings (SSSR count). The van der Waals surface area contributed by atoms with Crippen molar-refractivity contribution >= 4 is 11.6 Å². The standard InChI is InChI=1S/C16H24ClNO2/c1-4-9-18-15(16(20-3)11-5-6-11)12-7-8-13(17)14(10-12)19-2/h7-8,10-11,15-16,18H,4-6,9H2,1-3H3. The van der Waals surface area contributed by atoms with Gasteiger partial charge in [0.15, 0.2) is 0 Å². The third-order valence-corrected chi connectivity index (χ3v) is 4.15. The Kier molecular flexibility index (Phi) is 5.70. The van der Waals surface area contributed by atoms with E-state index in [1.165, 1.54) is 18.4 Å². The fourth-order valence-electron chi connectivity index (χ4n) is 2.62. The van der Waals surface area contributed by atoms with Crippen LogP contribution in [0.25, 0.3) is 0 Å². The zero-order valence-electron chi connectivity index (χ0n) is 12.5. The Morgan fingerprint density at radius 3 is 2.65 bits per heavy atom. The number of hydrogen-bond acceptors (Lipinski definition) is 3. The Balaban J connectivity index is 2.24. The summed E-state index contributed by atoms with van der Waals surface area (Å²) in [7, 11) is 3.45. The van der Waals surface area contributed by atoms with Crippen molar-refractivity contribution in [3.63, 3.8) is 0 Å². The van der Waals surface area contributed by atoms with Gasteiger partial charge < -0.3 is 14.8 Å². The average molecular weight is 298 g/mol. The van der Waals surface area contributed by atoms with Crippen LogP contribution in [0, 0.1) is 5.92 Å². The van der Waals surface area contributed by atoms with E-state index in [0.29, 0.717) is 10.9 Å². The lowest BCUT2D eigenvalue weighted by Gasteiger charge is -2.28. The van der Waals surface area contributed by atoms with Crippen molar-refractivity contribution in [3.05, 3.63) is 28.8 Å². The summed E-state index contributed by atoms with van der Waals surface area (Å²) < 4.78 is 11.1. The molecule has 0 aliphatic heterocycles. The van der Waals surface area contributed by atoms with E-state index in [9.17, 15) is 0 Å². The van der Waals surface area contributed by atoms with Gasteiger partial charge in [0.05, 0.1) is 24.3 Å². The number of halogens is 1. The quantitative estimate of drug-likeness (QED) is 0.791. The van der Waals surface area contributed by atoms with Crippen molar-refractivity contribution in [2.45, 2.75) is 38.3 Å². The van der Waals surface area contributed by atoms with Crippen LogP contribution in [-0.4, -0.2) is 26.9 Å². The molecule has 1 N–H and O–H groups in total. The van der Waals surface area contributed by atoms with Gasteiger partial charge in [-0.25, -0.2) is 0 Å². The molecule has 1 aromatic rings. The first-order valence-corrected chi connectivity index (χ1v) is 7.68. The van der Waals surface area contributed by atoms with Crippen LogP contribution in [0.4, 0.5) is 0 Å². The van der Waals surface area contributed by atoms with Gasteiger partial charge in [0, 0.05) is 7.11 Å². The van der Waals surface area contributed by atoms with Gasteiger partial charge in [-0.2, -0.15) is 0 Å². The second-order valence-electron chi connectivity index (χ2n) is 5.36. The number of rotatable bonds is 8. The highest BCUT2D eigenvalue weighted by Gasteiger charge is 2.37. The molecule has 0 radical (unpaired) electrons. The molecule has 0 heterocycles. The maximum absolute atomic E-state index is 6.12. The molecule has 1 aliphatic rings. The summed E-state index contributed by atoms with van der Waals surface area (Å²) in [6, 6.07) is 6.17. The van der Waals surface area contributed by atoms with Crippen LogP contribution in [0.1, 0.15) is 37.8 Å². The Morgan fingerprint density at radius 2 is 2.10 bits per heavy atom. The fourth-order valence-corrected chi connectivity index (χ4v) is 2.81. The summed E-state index contributed by atoms with van der Waals surface area (Å²) in [5.41, 5.74) is 1.18. The maximum atomic E-state index is 6.12. The number of hydrogen-bond donors (Lipinski definition) is 1. The second kappa shape index (κ2) is 7.30. The van der Waals surface area contributed by atoms with E-state index in [1.54, 1.807) is 14.2 Å². The highest BCUT2D eigenvalue weighted by molar-refractivity contribution is 6.32. The molecule has 0 bridgehead atoms. The van der Waals surface area contributed by atoms with E-state index >= 15 is 0 Å². The molecule has 1 fully saturated rings. The van der Waals surface area contributed by atoms with Gasteiger partial charge in [0.25, 0.3) is 0 Å². The molecule has 3 nitrogen and oxygen atoms in total. The zero-order chi connectivity index (χ0) is 14.5. The van der Waals surface area contributed by atoms with Crippen LogP contribution in [0.2, 0.25) is 5.02 Å². The van der Waals surface area contributed by atoms with Gasteiger partial charge >= 0.3 is 0 Å². The molecule has 0 saturated heterocycles. The highest BCUT2D eigenvalue weighted by atomic mass is 35.5. The predicted molar refractivity (Wildman–Crippen MR) is 82.6 cm³/mol. The summed E-state index contributed by atoms with van der Waals surface area (Å²) in [4.78, 5) is 0. The molecule has 0 spiro atoms. The van der Waals surface area contributed by atoms with E-state index in [0.717, 1.165) is 18.7 Å². The summed E-state index contributed by atoms with van der Waals surface area (Å²) in [5.74, 6) is 1.38. The number of nitrogens with one attached hydrogen (secondary N) is 1. The van der Waals surface area contributed by atoms with Crippen LogP contribution in [0.5, 0.6) is 5.75 Å². The third kappa shape index (κ3) is 3.66. The number of methoxy groups -OCH3 is 2.